The monoisotopic (exact) mass is 436 g/mol. The molecule has 0 bridgehead atoms. The van der Waals surface area contributed by atoms with Gasteiger partial charge >= 0.3 is 0 Å². The molecule has 3 aromatic rings. The topological polar surface area (TPSA) is 68.2 Å². The van der Waals surface area contributed by atoms with Crippen LogP contribution < -0.4 is 9.47 Å². The van der Waals surface area contributed by atoms with Crippen molar-refractivity contribution in [1.29, 1.82) is 0 Å². The van der Waals surface area contributed by atoms with E-state index < -0.39 is 16.1 Å². The van der Waals surface area contributed by atoms with Gasteiger partial charge in [-0.05, 0) is 42.3 Å². The lowest BCUT2D eigenvalue weighted by Gasteiger charge is -2.24. The van der Waals surface area contributed by atoms with Gasteiger partial charge in [0.1, 0.15) is 0 Å². The Morgan fingerprint density at radius 2 is 1.65 bits per heavy atom. The molecule has 0 fully saturated rings. The van der Waals surface area contributed by atoms with Crippen LogP contribution in [0.2, 0.25) is 0 Å². The molecule has 0 aliphatic carbocycles. The Morgan fingerprint density at radius 3 is 2.32 bits per heavy atom. The third-order valence-electron chi connectivity index (χ3n) is 5.30. The zero-order chi connectivity index (χ0) is 22.0. The summed E-state index contributed by atoms with van der Waals surface area (Å²) < 4.78 is 39.0. The van der Waals surface area contributed by atoms with Crippen LogP contribution in [0.25, 0.3) is 0 Å². The number of hydrogen-bond acceptors (Lipinski definition) is 5. The molecule has 0 radical (unpaired) electrons. The Kier molecular flexibility index (Phi) is 5.69. The lowest BCUT2D eigenvalue weighted by atomic mass is 9.98. The Bertz CT molecular complexity index is 1220. The fourth-order valence-electron chi connectivity index (χ4n) is 3.72. The lowest BCUT2D eigenvalue weighted by molar-refractivity contribution is 0.348. The fraction of sp³-hybridized carbons (Fsp3) is 0.208. The van der Waals surface area contributed by atoms with Crippen molar-refractivity contribution < 1.29 is 17.9 Å². The predicted octanol–water partition coefficient (Wildman–Crippen LogP) is 4.55. The number of benzene rings is 3. The van der Waals surface area contributed by atoms with Gasteiger partial charge in [-0.2, -0.15) is 17.9 Å². The van der Waals surface area contributed by atoms with E-state index in [0.29, 0.717) is 17.9 Å². The highest BCUT2D eigenvalue weighted by Gasteiger charge is 2.38. The minimum Gasteiger partial charge on any atom is -0.493 e. The van der Waals surface area contributed by atoms with Crippen LogP contribution >= 0.6 is 0 Å². The summed E-state index contributed by atoms with van der Waals surface area (Å²) in [5.74, 6) is 1.13. The molecular weight excluding hydrogens is 412 g/mol. The molecule has 0 N–H and O–H groups in total. The zero-order valence-electron chi connectivity index (χ0n) is 17.6. The first-order valence-electron chi connectivity index (χ1n) is 9.90. The summed E-state index contributed by atoms with van der Waals surface area (Å²) in [6, 6.07) is 21.2. The molecule has 1 atom stereocenters. The number of hydrazone groups is 1. The van der Waals surface area contributed by atoms with Crippen molar-refractivity contribution in [2.45, 2.75) is 24.3 Å². The van der Waals surface area contributed by atoms with Crippen LogP contribution in [0, 0.1) is 6.92 Å². The predicted molar refractivity (Wildman–Crippen MR) is 120 cm³/mol. The Morgan fingerprint density at radius 1 is 0.903 bits per heavy atom. The van der Waals surface area contributed by atoms with E-state index in [1.54, 1.807) is 50.6 Å². The average molecular weight is 437 g/mol. The van der Waals surface area contributed by atoms with Gasteiger partial charge in [0.05, 0.1) is 30.9 Å². The van der Waals surface area contributed by atoms with Gasteiger partial charge in [-0.25, -0.2) is 0 Å². The van der Waals surface area contributed by atoms with Gasteiger partial charge in [0.2, 0.25) is 0 Å². The maximum absolute atomic E-state index is 13.5. The third kappa shape index (κ3) is 4.01. The Balaban J connectivity index is 1.82. The van der Waals surface area contributed by atoms with Crippen molar-refractivity contribution in [1.82, 2.24) is 4.41 Å². The second-order valence-corrected chi connectivity index (χ2v) is 9.14. The lowest BCUT2D eigenvalue weighted by Crippen LogP contribution is -2.27. The zero-order valence-corrected chi connectivity index (χ0v) is 18.5. The van der Waals surface area contributed by atoms with Crippen molar-refractivity contribution in [3.05, 3.63) is 89.5 Å². The number of rotatable bonds is 6. The molecule has 0 saturated heterocycles. The molecule has 0 aromatic heterocycles. The summed E-state index contributed by atoms with van der Waals surface area (Å²) in [5, 5.41) is 4.59. The van der Waals surface area contributed by atoms with Gasteiger partial charge in [-0.1, -0.05) is 54.1 Å². The molecule has 4 rings (SSSR count). The quantitative estimate of drug-likeness (QED) is 0.568. The highest BCUT2D eigenvalue weighted by molar-refractivity contribution is 7.89. The van der Waals surface area contributed by atoms with E-state index in [1.165, 1.54) is 4.41 Å². The summed E-state index contributed by atoms with van der Waals surface area (Å²) in [7, 11) is -0.722. The van der Waals surface area contributed by atoms with Crippen molar-refractivity contribution in [2.75, 3.05) is 14.2 Å². The van der Waals surface area contributed by atoms with E-state index in [4.69, 9.17) is 9.47 Å². The van der Waals surface area contributed by atoms with E-state index in [1.807, 2.05) is 43.3 Å². The van der Waals surface area contributed by atoms with Crippen molar-refractivity contribution >= 4 is 15.7 Å². The number of hydrogen-bond donors (Lipinski definition) is 0. The molecule has 6 nitrogen and oxygen atoms in total. The maximum Gasteiger partial charge on any atom is 0.279 e. The molecule has 7 heteroatoms. The molecular formula is C24H24N2O4S. The summed E-state index contributed by atoms with van der Waals surface area (Å²) in [5.41, 5.74) is 3.51. The van der Waals surface area contributed by atoms with E-state index in [9.17, 15) is 8.42 Å². The molecule has 0 amide bonds. The Hall–Kier alpha value is -3.32. The highest BCUT2D eigenvalue weighted by atomic mass is 32.2. The van der Waals surface area contributed by atoms with Gasteiger partial charge in [-0.15, -0.1) is 0 Å². The number of sulfonamides is 1. The van der Waals surface area contributed by atoms with Crippen LogP contribution in [0.4, 0.5) is 0 Å². The fourth-order valence-corrected chi connectivity index (χ4v) is 5.17. The maximum atomic E-state index is 13.5. The van der Waals surface area contributed by atoms with Gasteiger partial charge in [0.15, 0.2) is 11.5 Å². The molecule has 3 aromatic carbocycles. The molecule has 160 valence electrons. The first-order chi connectivity index (χ1) is 14.9. The standard InChI is InChI=1S/C24H24N2O4S/c1-17-8-7-9-18(14-17)21-16-22(19-12-13-23(29-2)24(15-19)30-3)26(25-21)31(27,28)20-10-5-4-6-11-20/h4-15,22H,16H2,1-3H3/t22-/m0/s1. The second-order valence-electron chi connectivity index (χ2n) is 7.34. The van der Waals surface area contributed by atoms with Crippen LogP contribution in [0.5, 0.6) is 11.5 Å². The van der Waals surface area contributed by atoms with Crippen LogP contribution in [-0.4, -0.2) is 32.8 Å². The number of ether oxygens (including phenoxy) is 2. The minimum absolute atomic E-state index is 0.203. The van der Waals surface area contributed by atoms with Crippen LogP contribution in [0.1, 0.15) is 29.2 Å². The Labute approximate surface area is 182 Å². The molecule has 0 saturated carbocycles. The molecule has 0 spiro atoms. The molecule has 1 heterocycles. The second kappa shape index (κ2) is 8.43. The van der Waals surface area contributed by atoms with Gasteiger partial charge < -0.3 is 9.47 Å². The molecule has 1 aliphatic heterocycles. The van der Waals surface area contributed by atoms with E-state index in [-0.39, 0.29) is 4.90 Å². The first-order valence-corrected chi connectivity index (χ1v) is 11.3. The highest BCUT2D eigenvalue weighted by Crippen LogP contribution is 2.40. The van der Waals surface area contributed by atoms with Crippen LogP contribution in [-0.2, 0) is 10.0 Å². The number of methoxy groups -OCH3 is 2. The molecule has 1 aliphatic rings. The largest absolute Gasteiger partial charge is 0.493 e. The summed E-state index contributed by atoms with van der Waals surface area (Å²) in [4.78, 5) is 0.203. The van der Waals surface area contributed by atoms with E-state index >= 15 is 0 Å². The number of nitrogens with zero attached hydrogens (tertiary/aromatic N) is 2. The van der Waals surface area contributed by atoms with E-state index in [2.05, 4.69) is 5.10 Å². The summed E-state index contributed by atoms with van der Waals surface area (Å²) >= 11 is 0. The SMILES string of the molecule is COc1ccc([C@@H]2CC(c3cccc(C)c3)=NN2S(=O)(=O)c2ccccc2)cc1OC. The van der Waals surface area contributed by atoms with Crippen molar-refractivity contribution in [3.63, 3.8) is 0 Å². The van der Waals surface area contributed by atoms with Crippen LogP contribution in [0.3, 0.4) is 0 Å². The smallest absolute Gasteiger partial charge is 0.279 e. The van der Waals surface area contributed by atoms with Gasteiger partial charge in [0, 0.05) is 6.42 Å². The average Bonchev–Trinajstić information content (AvgIpc) is 3.26. The summed E-state index contributed by atoms with van der Waals surface area (Å²) in [6.45, 7) is 2.00. The molecule has 31 heavy (non-hydrogen) atoms. The first kappa shape index (κ1) is 20.9. The van der Waals surface area contributed by atoms with Crippen molar-refractivity contribution in [3.8, 4) is 11.5 Å². The van der Waals surface area contributed by atoms with Gasteiger partial charge in [0.25, 0.3) is 10.0 Å². The minimum atomic E-state index is -3.85. The normalized spacial score (nSPS) is 16.2. The number of aryl methyl sites for hydroxylation is 1. The van der Waals surface area contributed by atoms with Crippen LogP contribution in [0.15, 0.2) is 82.8 Å². The van der Waals surface area contributed by atoms with Crippen molar-refractivity contribution in [2.24, 2.45) is 5.10 Å². The van der Waals surface area contributed by atoms with E-state index in [0.717, 1.165) is 22.4 Å². The van der Waals surface area contributed by atoms with Gasteiger partial charge in [-0.3, -0.25) is 0 Å². The molecule has 0 unspecified atom stereocenters. The summed E-state index contributed by atoms with van der Waals surface area (Å²) in [6.07, 6.45) is 0.449. The third-order valence-corrected chi connectivity index (χ3v) is 7.00.